The highest BCUT2D eigenvalue weighted by Crippen LogP contribution is 2.42. The minimum Gasteiger partial charge on any atom is -0.370 e. The quantitative estimate of drug-likeness (QED) is 0.536. The van der Waals surface area contributed by atoms with Gasteiger partial charge in [-0.1, -0.05) is 12.1 Å². The highest BCUT2D eigenvalue weighted by atomic mass is 19.1. The van der Waals surface area contributed by atoms with Crippen molar-refractivity contribution in [2.75, 3.05) is 24.5 Å². The molecule has 2 N–H and O–H groups in total. The minimum atomic E-state index is -0.322. The maximum Gasteiger partial charge on any atom is 0.149 e. The average molecular weight is 419 g/mol. The summed E-state index contributed by atoms with van der Waals surface area (Å²) in [6.07, 6.45) is 3.51. The van der Waals surface area contributed by atoms with E-state index in [4.69, 9.17) is 10.7 Å². The third-order valence-electron chi connectivity index (χ3n) is 5.96. The molecule has 0 atom stereocenters. The van der Waals surface area contributed by atoms with Gasteiger partial charge in [-0.15, -0.1) is 0 Å². The minimum absolute atomic E-state index is 0.292. The van der Waals surface area contributed by atoms with Crippen LogP contribution < -0.4 is 10.6 Å². The molecule has 0 unspecified atom stereocenters. The monoisotopic (exact) mass is 419 g/mol. The van der Waals surface area contributed by atoms with E-state index in [1.165, 1.54) is 18.2 Å². The summed E-state index contributed by atoms with van der Waals surface area (Å²) < 4.78 is 30.5. The first-order valence-corrected chi connectivity index (χ1v) is 10.3. The Hall–Kier alpha value is -3.32. The molecule has 0 radical (unpaired) electrons. The Labute approximate surface area is 179 Å². The number of fused-ring (bicyclic) bond motifs is 1. The maximum atomic E-state index is 14.5. The van der Waals surface area contributed by atoms with Crippen LogP contribution in [-0.4, -0.2) is 34.2 Å². The number of rotatable bonds is 4. The van der Waals surface area contributed by atoms with Crippen LogP contribution in [0.15, 0.2) is 48.8 Å². The molecular formula is C24H23F2N5. The summed E-state index contributed by atoms with van der Waals surface area (Å²) in [4.78, 5) is 11.4. The molecule has 4 aromatic rings. The third kappa shape index (κ3) is 3.25. The Balaban J connectivity index is 1.75. The average Bonchev–Trinajstić information content (AvgIpc) is 3.04. The first-order chi connectivity index (χ1) is 15.0. The molecule has 0 aliphatic carbocycles. The molecule has 1 aliphatic heterocycles. The molecule has 1 aliphatic rings. The lowest BCUT2D eigenvalue weighted by Gasteiger charge is -2.42. The summed E-state index contributed by atoms with van der Waals surface area (Å²) in [6, 6.07) is 9.85. The van der Waals surface area contributed by atoms with Crippen molar-refractivity contribution in [2.24, 2.45) is 18.7 Å². The van der Waals surface area contributed by atoms with Gasteiger partial charge >= 0.3 is 0 Å². The van der Waals surface area contributed by atoms with Gasteiger partial charge in [-0.2, -0.15) is 0 Å². The number of halogens is 2. The van der Waals surface area contributed by atoms with Gasteiger partial charge in [0, 0.05) is 44.0 Å². The second-order valence-electron chi connectivity index (χ2n) is 8.21. The van der Waals surface area contributed by atoms with Crippen molar-refractivity contribution >= 4 is 16.7 Å². The number of nitrogens with zero attached hydrogens (tertiary/aromatic N) is 4. The number of aromatic nitrogens is 3. The van der Waals surface area contributed by atoms with Crippen LogP contribution in [0.3, 0.4) is 0 Å². The van der Waals surface area contributed by atoms with E-state index in [0.29, 0.717) is 29.3 Å². The summed E-state index contributed by atoms with van der Waals surface area (Å²) in [7, 11) is 1.80. The van der Waals surface area contributed by atoms with Crippen LogP contribution in [0.4, 0.5) is 14.5 Å². The normalized spacial score (nSPS) is 14.3. The zero-order valence-electron chi connectivity index (χ0n) is 17.4. The predicted molar refractivity (Wildman–Crippen MR) is 119 cm³/mol. The van der Waals surface area contributed by atoms with Gasteiger partial charge in [0.25, 0.3) is 0 Å². The van der Waals surface area contributed by atoms with Crippen LogP contribution in [0.2, 0.25) is 0 Å². The maximum absolute atomic E-state index is 14.5. The van der Waals surface area contributed by atoms with Gasteiger partial charge in [0.15, 0.2) is 0 Å². The van der Waals surface area contributed by atoms with Gasteiger partial charge in [-0.3, -0.25) is 4.98 Å². The van der Waals surface area contributed by atoms with E-state index >= 15 is 0 Å². The largest absolute Gasteiger partial charge is 0.370 e. The van der Waals surface area contributed by atoms with Crippen LogP contribution in [0, 0.1) is 24.5 Å². The first kappa shape index (κ1) is 19.6. The topological polar surface area (TPSA) is 60.0 Å². The van der Waals surface area contributed by atoms with Crippen molar-refractivity contribution in [2.45, 2.75) is 6.92 Å². The molecule has 3 heterocycles. The number of hydrogen-bond donors (Lipinski definition) is 1. The van der Waals surface area contributed by atoms with Crippen LogP contribution in [0.1, 0.15) is 5.56 Å². The van der Waals surface area contributed by atoms with E-state index in [1.807, 2.05) is 13.0 Å². The number of nitrogens with two attached hydrogens (primary N) is 1. The first-order valence-electron chi connectivity index (χ1n) is 10.3. The SMILES string of the molecule is Cc1cc(F)cc(-c2cncc(-c3nc4cccc(F)c4n3C)c2N2CC(CN)C2)c1. The molecule has 0 bridgehead atoms. The predicted octanol–water partition coefficient (Wildman–Crippen LogP) is 4.28. The van der Waals surface area contributed by atoms with Gasteiger partial charge < -0.3 is 15.2 Å². The summed E-state index contributed by atoms with van der Waals surface area (Å²) in [5, 5.41) is 0. The Morgan fingerprint density at radius 3 is 2.58 bits per heavy atom. The van der Waals surface area contributed by atoms with Gasteiger partial charge in [0.1, 0.15) is 23.0 Å². The van der Waals surface area contributed by atoms with E-state index in [0.717, 1.165) is 41.0 Å². The Bertz CT molecular complexity index is 1270. The molecule has 0 saturated carbocycles. The van der Waals surface area contributed by atoms with Crippen LogP contribution >= 0.6 is 0 Å². The zero-order chi connectivity index (χ0) is 21.7. The molecule has 7 heteroatoms. The molecule has 158 valence electrons. The summed E-state index contributed by atoms with van der Waals surface area (Å²) in [5.74, 6) is 0.409. The summed E-state index contributed by atoms with van der Waals surface area (Å²) in [6.45, 7) is 4.08. The highest BCUT2D eigenvalue weighted by Gasteiger charge is 2.31. The van der Waals surface area contributed by atoms with Crippen LogP contribution in [0.5, 0.6) is 0 Å². The highest BCUT2D eigenvalue weighted by molar-refractivity contribution is 5.92. The molecule has 31 heavy (non-hydrogen) atoms. The van der Waals surface area contributed by atoms with Gasteiger partial charge in [-0.05, 0) is 48.9 Å². The summed E-state index contributed by atoms with van der Waals surface area (Å²) >= 11 is 0. The lowest BCUT2D eigenvalue weighted by Crippen LogP contribution is -2.50. The second-order valence-corrected chi connectivity index (χ2v) is 8.21. The standard InChI is InChI=1S/C24H23F2N5/c1-14-6-16(8-17(25)7-14)18-10-28-11-19(22(18)31-12-15(9-27)13-31)24-29-21-5-3-4-20(26)23(21)30(24)2/h3-8,10-11,15H,9,12-13,27H2,1-2H3. The van der Waals surface area contributed by atoms with Crippen molar-refractivity contribution in [3.8, 4) is 22.5 Å². The van der Waals surface area contributed by atoms with Gasteiger partial charge in [0.2, 0.25) is 0 Å². The van der Waals surface area contributed by atoms with Crippen molar-refractivity contribution in [3.63, 3.8) is 0 Å². The number of anilines is 1. The van der Waals surface area contributed by atoms with Gasteiger partial charge in [0.05, 0.1) is 16.8 Å². The molecule has 1 fully saturated rings. The number of hydrogen-bond acceptors (Lipinski definition) is 4. The smallest absolute Gasteiger partial charge is 0.149 e. The van der Waals surface area contributed by atoms with Crippen molar-refractivity contribution < 1.29 is 8.78 Å². The molecule has 2 aromatic carbocycles. The van der Waals surface area contributed by atoms with E-state index in [-0.39, 0.29) is 11.6 Å². The third-order valence-corrected chi connectivity index (χ3v) is 5.96. The second kappa shape index (κ2) is 7.42. The van der Waals surface area contributed by atoms with Crippen molar-refractivity contribution in [1.82, 2.24) is 14.5 Å². The Morgan fingerprint density at radius 1 is 1.10 bits per heavy atom. The number of imidazole rings is 1. The Morgan fingerprint density at radius 2 is 1.87 bits per heavy atom. The van der Waals surface area contributed by atoms with Crippen LogP contribution in [-0.2, 0) is 7.05 Å². The van der Waals surface area contributed by atoms with E-state index in [9.17, 15) is 8.78 Å². The summed E-state index contributed by atoms with van der Waals surface area (Å²) in [5.41, 5.74) is 11.0. The zero-order valence-corrected chi connectivity index (χ0v) is 17.4. The van der Waals surface area contributed by atoms with Crippen molar-refractivity contribution in [3.05, 3.63) is 66.0 Å². The van der Waals surface area contributed by atoms with Crippen LogP contribution in [0.25, 0.3) is 33.5 Å². The fraction of sp³-hybridized carbons (Fsp3) is 0.250. The van der Waals surface area contributed by atoms with E-state index in [2.05, 4.69) is 9.88 Å². The molecule has 0 spiro atoms. The fourth-order valence-electron chi connectivity index (χ4n) is 4.42. The number of pyridine rings is 1. The van der Waals surface area contributed by atoms with E-state index < -0.39 is 0 Å². The molecule has 0 amide bonds. The number of para-hydroxylation sites is 1. The van der Waals surface area contributed by atoms with Crippen molar-refractivity contribution in [1.29, 1.82) is 0 Å². The number of aryl methyl sites for hydroxylation is 2. The molecular weight excluding hydrogens is 396 g/mol. The van der Waals surface area contributed by atoms with Gasteiger partial charge in [-0.25, -0.2) is 13.8 Å². The molecule has 5 nitrogen and oxygen atoms in total. The molecule has 5 rings (SSSR count). The lowest BCUT2D eigenvalue weighted by molar-refractivity contribution is 0.421. The number of benzene rings is 2. The fourth-order valence-corrected chi connectivity index (χ4v) is 4.42. The Kier molecular flexibility index (Phi) is 4.70. The lowest BCUT2D eigenvalue weighted by atomic mass is 9.94. The van der Waals surface area contributed by atoms with E-state index in [1.54, 1.807) is 36.1 Å². The molecule has 2 aromatic heterocycles. The molecule has 1 saturated heterocycles.